The van der Waals surface area contributed by atoms with Gasteiger partial charge in [0.15, 0.2) is 0 Å². The lowest BCUT2D eigenvalue weighted by Gasteiger charge is -2.14. The monoisotopic (exact) mass is 297 g/mol. The predicted octanol–water partition coefficient (Wildman–Crippen LogP) is 0.804. The number of ether oxygens (including phenoxy) is 1. The topological polar surface area (TPSA) is 133 Å². The maximum absolute atomic E-state index is 11.8. The first kappa shape index (κ1) is 16.8. The SMILES string of the molecule is C.COc1cn([C@@H]2C[C@H](CO)[C@@H](N=[N+]=[N-])C2)c(=O)[nH]c1=O. The normalized spacial score (nSPS) is 24.0. The second-order valence-corrected chi connectivity index (χ2v) is 4.70. The number of methoxy groups -OCH3 is 1. The van der Waals surface area contributed by atoms with Gasteiger partial charge in [-0.05, 0) is 24.3 Å². The van der Waals surface area contributed by atoms with Gasteiger partial charge in [-0.1, -0.05) is 12.5 Å². The maximum atomic E-state index is 11.8. The molecule has 1 aliphatic rings. The van der Waals surface area contributed by atoms with Crippen LogP contribution in [0.5, 0.6) is 5.75 Å². The van der Waals surface area contributed by atoms with Crippen molar-refractivity contribution in [1.29, 1.82) is 0 Å². The fraction of sp³-hybridized carbons (Fsp3) is 0.667. The Morgan fingerprint density at radius 1 is 1.57 bits per heavy atom. The van der Waals surface area contributed by atoms with E-state index in [1.807, 2.05) is 0 Å². The molecule has 1 heterocycles. The largest absolute Gasteiger partial charge is 0.490 e. The third-order valence-electron chi connectivity index (χ3n) is 3.62. The lowest BCUT2D eigenvalue weighted by Crippen LogP contribution is -2.32. The van der Waals surface area contributed by atoms with E-state index >= 15 is 0 Å². The van der Waals surface area contributed by atoms with Crippen LogP contribution in [0.25, 0.3) is 10.4 Å². The molecule has 0 amide bonds. The van der Waals surface area contributed by atoms with Crippen LogP contribution >= 0.6 is 0 Å². The van der Waals surface area contributed by atoms with Gasteiger partial charge in [0, 0.05) is 23.6 Å². The molecule has 3 atom stereocenters. The van der Waals surface area contributed by atoms with Gasteiger partial charge in [-0.2, -0.15) is 0 Å². The number of aliphatic hydroxyl groups is 1. The van der Waals surface area contributed by atoms with Crippen molar-refractivity contribution in [3.05, 3.63) is 37.5 Å². The minimum atomic E-state index is -0.586. The van der Waals surface area contributed by atoms with Crippen molar-refractivity contribution in [2.24, 2.45) is 11.0 Å². The number of H-pyrrole nitrogens is 1. The molecule has 1 aromatic heterocycles. The third-order valence-corrected chi connectivity index (χ3v) is 3.62. The number of rotatable bonds is 4. The van der Waals surface area contributed by atoms with Gasteiger partial charge in [-0.3, -0.25) is 14.3 Å². The molecule has 2 N–H and O–H groups in total. The van der Waals surface area contributed by atoms with E-state index in [4.69, 9.17) is 10.3 Å². The number of aliphatic hydroxyl groups excluding tert-OH is 1. The standard InChI is InChI=1S/C11H15N5O4.CH4/c1-20-9-4-16(11(19)13-10(9)18)7-2-6(5-17)8(3-7)14-15-12;/h4,6-8,17H,2-3,5H2,1H3,(H,13,18,19);1H4/t6-,7-,8+;/m1./s1. The molecule has 116 valence electrons. The van der Waals surface area contributed by atoms with Crippen molar-refractivity contribution in [2.45, 2.75) is 32.4 Å². The zero-order chi connectivity index (χ0) is 14.7. The lowest BCUT2D eigenvalue weighted by molar-refractivity contribution is 0.215. The number of azide groups is 1. The van der Waals surface area contributed by atoms with Gasteiger partial charge >= 0.3 is 5.69 Å². The van der Waals surface area contributed by atoms with Crippen LogP contribution in [-0.4, -0.2) is 34.4 Å². The van der Waals surface area contributed by atoms with Gasteiger partial charge in [-0.25, -0.2) is 4.79 Å². The number of hydrogen-bond donors (Lipinski definition) is 2. The van der Waals surface area contributed by atoms with Crippen LogP contribution in [0.15, 0.2) is 20.9 Å². The highest BCUT2D eigenvalue weighted by Gasteiger charge is 2.34. The molecule has 0 aromatic carbocycles. The molecule has 0 aliphatic heterocycles. The minimum Gasteiger partial charge on any atom is -0.490 e. The fourth-order valence-electron chi connectivity index (χ4n) is 2.59. The van der Waals surface area contributed by atoms with E-state index in [-0.39, 0.29) is 37.8 Å². The number of aromatic nitrogens is 2. The number of hydrogen-bond acceptors (Lipinski definition) is 5. The van der Waals surface area contributed by atoms with Gasteiger partial charge in [0.2, 0.25) is 5.75 Å². The zero-order valence-corrected chi connectivity index (χ0v) is 10.9. The summed E-state index contributed by atoms with van der Waals surface area (Å²) in [4.78, 5) is 28.2. The van der Waals surface area contributed by atoms with Crippen molar-refractivity contribution in [3.8, 4) is 5.75 Å². The molecule has 1 aliphatic carbocycles. The van der Waals surface area contributed by atoms with E-state index in [1.165, 1.54) is 17.9 Å². The van der Waals surface area contributed by atoms with Crippen LogP contribution in [0, 0.1) is 5.92 Å². The third kappa shape index (κ3) is 3.26. The molecule has 0 bridgehead atoms. The molecule has 0 radical (unpaired) electrons. The summed E-state index contributed by atoms with van der Waals surface area (Å²) < 4.78 is 6.25. The van der Waals surface area contributed by atoms with Crippen molar-refractivity contribution < 1.29 is 9.84 Å². The van der Waals surface area contributed by atoms with Crippen LogP contribution in [0.1, 0.15) is 26.3 Å². The van der Waals surface area contributed by atoms with E-state index in [9.17, 15) is 14.7 Å². The van der Waals surface area contributed by atoms with E-state index in [2.05, 4.69) is 15.0 Å². The Kier molecular flexibility index (Phi) is 5.57. The zero-order valence-electron chi connectivity index (χ0n) is 10.9. The van der Waals surface area contributed by atoms with Crippen LogP contribution in [0.3, 0.4) is 0 Å². The van der Waals surface area contributed by atoms with E-state index in [0.29, 0.717) is 12.8 Å². The second kappa shape index (κ2) is 6.96. The highest BCUT2D eigenvalue weighted by Crippen LogP contribution is 2.36. The van der Waals surface area contributed by atoms with Gasteiger partial charge in [0.25, 0.3) is 5.56 Å². The highest BCUT2D eigenvalue weighted by molar-refractivity contribution is 5.12. The predicted molar refractivity (Wildman–Crippen MR) is 76.4 cm³/mol. The smallest absolute Gasteiger partial charge is 0.328 e. The van der Waals surface area contributed by atoms with E-state index in [1.54, 1.807) is 0 Å². The van der Waals surface area contributed by atoms with Crippen LogP contribution in [-0.2, 0) is 0 Å². The number of nitrogens with one attached hydrogen (secondary N) is 1. The van der Waals surface area contributed by atoms with Crippen molar-refractivity contribution in [2.75, 3.05) is 13.7 Å². The Labute approximate surface area is 120 Å². The van der Waals surface area contributed by atoms with Crippen molar-refractivity contribution in [1.82, 2.24) is 9.55 Å². The van der Waals surface area contributed by atoms with Crippen LogP contribution in [0.4, 0.5) is 0 Å². The van der Waals surface area contributed by atoms with Gasteiger partial charge in [-0.15, -0.1) is 0 Å². The molecule has 9 nitrogen and oxygen atoms in total. The molecule has 0 unspecified atom stereocenters. The van der Waals surface area contributed by atoms with E-state index in [0.717, 1.165) is 0 Å². The summed E-state index contributed by atoms with van der Waals surface area (Å²) in [6.07, 6.45) is 2.28. The molecular weight excluding hydrogens is 278 g/mol. The maximum Gasteiger partial charge on any atom is 0.328 e. The Morgan fingerprint density at radius 2 is 2.29 bits per heavy atom. The minimum absolute atomic E-state index is 0. The summed E-state index contributed by atoms with van der Waals surface area (Å²) in [5.74, 6) is -0.155. The summed E-state index contributed by atoms with van der Waals surface area (Å²) in [6, 6.07) is -0.610. The quantitative estimate of drug-likeness (QED) is 0.483. The first-order chi connectivity index (χ1) is 9.60. The summed E-state index contributed by atoms with van der Waals surface area (Å²) >= 11 is 0. The Hall–Kier alpha value is -2.25. The highest BCUT2D eigenvalue weighted by atomic mass is 16.5. The first-order valence-electron chi connectivity index (χ1n) is 6.15. The average molecular weight is 297 g/mol. The lowest BCUT2D eigenvalue weighted by atomic mass is 10.1. The molecule has 9 heteroatoms. The molecule has 0 saturated heterocycles. The molecule has 0 spiro atoms. The summed E-state index contributed by atoms with van der Waals surface area (Å²) in [5, 5.41) is 12.9. The van der Waals surface area contributed by atoms with Crippen LogP contribution < -0.4 is 16.0 Å². The van der Waals surface area contributed by atoms with Crippen LogP contribution in [0.2, 0.25) is 0 Å². The van der Waals surface area contributed by atoms with Gasteiger partial charge in [0.05, 0.1) is 13.3 Å². The molecule has 1 saturated carbocycles. The molecule has 1 aromatic rings. The summed E-state index contributed by atoms with van der Waals surface area (Å²) in [6.45, 7) is -0.116. The molecule has 21 heavy (non-hydrogen) atoms. The molecular formula is C12H19N5O4. The van der Waals surface area contributed by atoms with Crippen molar-refractivity contribution in [3.63, 3.8) is 0 Å². The van der Waals surface area contributed by atoms with Gasteiger partial charge < -0.3 is 9.84 Å². The Morgan fingerprint density at radius 3 is 2.86 bits per heavy atom. The number of aromatic amines is 1. The van der Waals surface area contributed by atoms with E-state index < -0.39 is 11.2 Å². The number of nitrogens with zero attached hydrogens (tertiary/aromatic N) is 4. The summed E-state index contributed by atoms with van der Waals surface area (Å²) in [5.41, 5.74) is 7.38. The molecule has 2 rings (SSSR count). The fourth-order valence-corrected chi connectivity index (χ4v) is 2.59. The first-order valence-corrected chi connectivity index (χ1v) is 6.15. The second-order valence-electron chi connectivity index (χ2n) is 4.70. The van der Waals surface area contributed by atoms with Gasteiger partial charge in [0.1, 0.15) is 0 Å². The Bertz CT molecular complexity index is 646. The average Bonchev–Trinajstić information content (AvgIpc) is 2.82. The molecule has 1 fully saturated rings. The summed E-state index contributed by atoms with van der Waals surface area (Å²) in [7, 11) is 1.34. The Balaban J connectivity index is 0.00000220. The van der Waals surface area contributed by atoms with Crippen molar-refractivity contribution >= 4 is 0 Å².